The van der Waals surface area contributed by atoms with Crippen molar-refractivity contribution in [3.8, 4) is 0 Å². The predicted octanol–water partition coefficient (Wildman–Crippen LogP) is 5.86. The van der Waals surface area contributed by atoms with E-state index in [1.165, 1.54) is 0 Å². The van der Waals surface area contributed by atoms with Crippen molar-refractivity contribution in [2.24, 2.45) is 0 Å². The fraction of sp³-hybridized carbons (Fsp3) is 0.739. The van der Waals surface area contributed by atoms with Crippen LogP contribution in [-0.4, -0.2) is 56.6 Å². The van der Waals surface area contributed by atoms with Gasteiger partial charge in [-0.15, -0.1) is 0 Å². The first-order valence-corrected chi connectivity index (χ1v) is 16.8. The van der Waals surface area contributed by atoms with Gasteiger partial charge in [0.1, 0.15) is 23.7 Å². The molecule has 35 heavy (non-hydrogen) atoms. The Morgan fingerprint density at radius 2 is 1.63 bits per heavy atom. The Kier molecular flexibility index (Phi) is 7.44. The first-order valence-electron chi connectivity index (χ1n) is 12.4. The molecule has 4 heterocycles. The van der Waals surface area contributed by atoms with Gasteiger partial charge >= 0.3 is 17.1 Å². The quantitative estimate of drug-likeness (QED) is 0.372. The lowest BCUT2D eigenvalue weighted by Crippen LogP contribution is -2.65. The number of anilines is 1. The number of nitrogens with two attached hydrogens (primary N) is 1. The number of halogens is 2. The molecule has 0 spiro atoms. The van der Waals surface area contributed by atoms with E-state index < -0.39 is 41.7 Å². The first-order chi connectivity index (χ1) is 16.3. The number of nitrogen functional groups attached to an aromatic ring is 1. The zero-order valence-electron chi connectivity index (χ0n) is 21.8. The standard InChI is InChI=1S/C23H38ClFN4O4Si2/c1-12(2)34(13(3)4)30-11-17-19(32-35(33-34,14(5)6)15(7)8)18(25)22(31-17)29-10-9-16-20(26)27-23(24)28-21(16)29/h9-10,12-15,17-19,22H,11H2,1-8H3,(H2,26,27,28)/t17-,18-,19?,22-/m1/s1. The van der Waals surface area contributed by atoms with E-state index in [1.807, 2.05) is 0 Å². The maximum atomic E-state index is 16.3. The number of nitrogens with zero attached hydrogens (tertiary/aromatic N) is 3. The third kappa shape index (κ3) is 4.36. The second-order valence-electron chi connectivity index (χ2n) is 10.9. The predicted molar refractivity (Wildman–Crippen MR) is 140 cm³/mol. The number of aromatic nitrogens is 3. The van der Waals surface area contributed by atoms with Gasteiger partial charge in [0.05, 0.1) is 12.0 Å². The van der Waals surface area contributed by atoms with Crippen molar-refractivity contribution in [1.82, 2.24) is 14.5 Å². The second kappa shape index (κ2) is 9.66. The van der Waals surface area contributed by atoms with Crippen LogP contribution in [0.4, 0.5) is 10.2 Å². The highest BCUT2D eigenvalue weighted by Crippen LogP contribution is 2.49. The minimum atomic E-state index is -2.95. The minimum Gasteiger partial charge on any atom is -0.414 e. The molecule has 0 amide bonds. The van der Waals surface area contributed by atoms with Crippen LogP contribution in [0.5, 0.6) is 0 Å². The molecular weight excluding hydrogens is 507 g/mol. The van der Waals surface area contributed by atoms with E-state index in [4.69, 9.17) is 35.0 Å². The average molecular weight is 545 g/mol. The molecule has 0 bridgehead atoms. The van der Waals surface area contributed by atoms with Crippen molar-refractivity contribution in [2.45, 2.75) is 102 Å². The Bertz CT molecular complexity index is 1050. The van der Waals surface area contributed by atoms with Crippen LogP contribution in [0.25, 0.3) is 11.0 Å². The number of fused-ring (bicyclic) bond motifs is 2. The van der Waals surface area contributed by atoms with E-state index in [1.54, 1.807) is 16.8 Å². The fourth-order valence-corrected chi connectivity index (χ4v) is 16.9. The molecule has 4 atom stereocenters. The lowest BCUT2D eigenvalue weighted by Gasteiger charge is -2.51. The van der Waals surface area contributed by atoms with Gasteiger partial charge in [0.15, 0.2) is 12.4 Å². The molecule has 0 saturated carbocycles. The summed E-state index contributed by atoms with van der Waals surface area (Å²) in [5.74, 6) is 0.238. The lowest BCUT2D eigenvalue weighted by atomic mass is 10.1. The Morgan fingerprint density at radius 1 is 1.03 bits per heavy atom. The topological polar surface area (TPSA) is 93.7 Å². The zero-order chi connectivity index (χ0) is 25.9. The van der Waals surface area contributed by atoms with E-state index in [-0.39, 0.29) is 39.9 Å². The molecule has 4 rings (SSSR count). The first kappa shape index (κ1) is 27.0. The Morgan fingerprint density at radius 3 is 2.20 bits per heavy atom. The SMILES string of the molecule is CC(C)[Si]1(C(C)C)OC[C@H]2O[C@@H](n3ccc4c(N)nc(Cl)nc43)[C@H](F)C2O[Si](C(C)C)(C(C)C)O1. The molecule has 0 aliphatic carbocycles. The van der Waals surface area contributed by atoms with Gasteiger partial charge in [-0.25, -0.2) is 9.37 Å². The summed E-state index contributed by atoms with van der Waals surface area (Å²) in [6, 6.07) is 1.74. The monoisotopic (exact) mass is 544 g/mol. The van der Waals surface area contributed by atoms with Gasteiger partial charge < -0.3 is 28.0 Å². The summed E-state index contributed by atoms with van der Waals surface area (Å²) in [6.45, 7) is 17.3. The molecule has 2 N–H and O–H groups in total. The van der Waals surface area contributed by atoms with E-state index in [2.05, 4.69) is 65.4 Å². The Hall–Kier alpha value is -1.09. The molecule has 196 valence electrons. The van der Waals surface area contributed by atoms with Crippen molar-refractivity contribution in [3.05, 3.63) is 17.5 Å². The van der Waals surface area contributed by atoms with Gasteiger partial charge in [0.2, 0.25) is 5.28 Å². The molecule has 2 aromatic heterocycles. The van der Waals surface area contributed by atoms with Crippen molar-refractivity contribution in [3.63, 3.8) is 0 Å². The third-order valence-electron chi connectivity index (χ3n) is 7.45. The van der Waals surface area contributed by atoms with Gasteiger partial charge in [-0.3, -0.25) is 0 Å². The van der Waals surface area contributed by atoms with Crippen molar-refractivity contribution >= 4 is 45.6 Å². The van der Waals surface area contributed by atoms with E-state index >= 15 is 4.39 Å². The summed E-state index contributed by atoms with van der Waals surface area (Å²) >= 11 is 6.06. The van der Waals surface area contributed by atoms with Crippen LogP contribution in [0.2, 0.25) is 27.4 Å². The molecule has 2 aliphatic heterocycles. The third-order valence-corrected chi connectivity index (χ3v) is 17.9. The van der Waals surface area contributed by atoms with Gasteiger partial charge in [-0.2, -0.15) is 4.98 Å². The normalized spacial score (nSPS) is 28.7. The smallest absolute Gasteiger partial charge is 0.335 e. The summed E-state index contributed by atoms with van der Waals surface area (Å²) in [5, 5.41) is 0.590. The molecular formula is C23H38ClFN4O4Si2. The van der Waals surface area contributed by atoms with Crippen LogP contribution in [0.3, 0.4) is 0 Å². The number of ether oxygens (including phenoxy) is 1. The molecule has 2 aromatic rings. The fourth-order valence-electron chi connectivity index (χ4n) is 5.57. The number of rotatable bonds is 5. The number of hydrogen-bond acceptors (Lipinski definition) is 7. The molecule has 2 aliphatic rings. The summed E-state index contributed by atoms with van der Waals surface area (Å²) in [7, 11) is -5.69. The van der Waals surface area contributed by atoms with Gasteiger partial charge in [-0.1, -0.05) is 55.4 Å². The number of alkyl halides is 1. The Labute approximate surface area is 214 Å². The molecule has 2 saturated heterocycles. The zero-order valence-corrected chi connectivity index (χ0v) is 24.5. The van der Waals surface area contributed by atoms with Crippen LogP contribution in [-0.2, 0) is 17.7 Å². The van der Waals surface area contributed by atoms with Crippen LogP contribution < -0.4 is 5.73 Å². The van der Waals surface area contributed by atoms with Crippen LogP contribution in [0, 0.1) is 0 Å². The van der Waals surface area contributed by atoms with E-state index in [0.717, 1.165) is 0 Å². The van der Waals surface area contributed by atoms with Crippen molar-refractivity contribution in [2.75, 3.05) is 12.3 Å². The summed E-state index contributed by atoms with van der Waals surface area (Å²) in [5.41, 5.74) is 7.02. The minimum absolute atomic E-state index is 0.00181. The van der Waals surface area contributed by atoms with E-state index in [0.29, 0.717) is 11.0 Å². The summed E-state index contributed by atoms with van der Waals surface area (Å²) < 4.78 is 44.9. The molecule has 1 unspecified atom stereocenters. The summed E-state index contributed by atoms with van der Waals surface area (Å²) in [4.78, 5) is 8.29. The van der Waals surface area contributed by atoms with Gasteiger partial charge in [0.25, 0.3) is 0 Å². The molecule has 8 nitrogen and oxygen atoms in total. The number of hydrogen-bond donors (Lipinski definition) is 1. The van der Waals surface area contributed by atoms with Crippen molar-refractivity contribution in [1.29, 1.82) is 0 Å². The molecule has 12 heteroatoms. The Balaban J connectivity index is 1.78. The maximum absolute atomic E-state index is 16.3. The molecule has 0 aromatic carbocycles. The van der Waals surface area contributed by atoms with Crippen molar-refractivity contribution < 1.29 is 22.1 Å². The van der Waals surface area contributed by atoms with Gasteiger partial charge in [0, 0.05) is 6.20 Å². The van der Waals surface area contributed by atoms with Crippen LogP contribution in [0.1, 0.15) is 61.6 Å². The highest BCUT2D eigenvalue weighted by molar-refractivity contribution is 6.84. The van der Waals surface area contributed by atoms with Crippen LogP contribution in [0.15, 0.2) is 12.3 Å². The van der Waals surface area contributed by atoms with Gasteiger partial charge in [-0.05, 0) is 39.8 Å². The molecule has 2 fully saturated rings. The summed E-state index contributed by atoms with van der Waals surface area (Å²) in [6.07, 6.45) is -2.13. The van der Waals surface area contributed by atoms with E-state index in [9.17, 15) is 0 Å². The largest absolute Gasteiger partial charge is 0.414 e. The second-order valence-corrected chi connectivity index (χ2v) is 20.1. The molecule has 0 radical (unpaired) electrons. The maximum Gasteiger partial charge on any atom is 0.335 e. The average Bonchev–Trinajstić information content (AvgIpc) is 3.28. The van der Waals surface area contributed by atoms with Crippen LogP contribution >= 0.6 is 11.6 Å². The lowest BCUT2D eigenvalue weighted by molar-refractivity contribution is -0.0551. The highest BCUT2D eigenvalue weighted by Gasteiger charge is 2.62. The highest BCUT2D eigenvalue weighted by atomic mass is 35.5.